The molecule has 0 aromatic heterocycles. The van der Waals surface area contributed by atoms with E-state index >= 15 is 0 Å². The van der Waals surface area contributed by atoms with E-state index in [-0.39, 0.29) is 37.5 Å². The summed E-state index contributed by atoms with van der Waals surface area (Å²) in [5, 5.41) is 3.04. The molecule has 2 amide bonds. The number of benzene rings is 1. The summed E-state index contributed by atoms with van der Waals surface area (Å²) in [5.41, 5.74) is -0.451. The van der Waals surface area contributed by atoms with Gasteiger partial charge in [0.25, 0.3) is 0 Å². The molecule has 1 atom stereocenters. The standard InChI is InChI=1S/C20H29N3O5S/c1-20(19(25)21-16-6-4-5-7-16)14-22(29(3,26)27)13-18(24)23(20)12-15-8-10-17(28-2)11-9-15/h8-11,16H,4-7,12-14H2,1-3H3,(H,21,25)/t20-/m0/s1. The second-order valence-corrected chi connectivity index (χ2v) is 10.1. The van der Waals surface area contributed by atoms with Gasteiger partial charge in [-0.1, -0.05) is 25.0 Å². The number of piperazine rings is 1. The van der Waals surface area contributed by atoms with Gasteiger partial charge in [0, 0.05) is 19.1 Å². The largest absolute Gasteiger partial charge is 0.497 e. The maximum atomic E-state index is 13.2. The fourth-order valence-electron chi connectivity index (χ4n) is 4.01. The number of hydrogen-bond acceptors (Lipinski definition) is 5. The Morgan fingerprint density at radius 3 is 2.41 bits per heavy atom. The minimum atomic E-state index is -3.61. The highest BCUT2D eigenvalue weighted by Gasteiger charge is 2.49. The Balaban J connectivity index is 1.89. The SMILES string of the molecule is COc1ccc(CN2C(=O)CN(S(C)(=O)=O)C[C@@]2(C)C(=O)NC2CCCC2)cc1. The van der Waals surface area contributed by atoms with Crippen LogP contribution in [0, 0.1) is 0 Å². The average molecular weight is 424 g/mol. The Kier molecular flexibility index (Phi) is 6.19. The maximum Gasteiger partial charge on any atom is 0.247 e. The van der Waals surface area contributed by atoms with Crippen LogP contribution in [0.3, 0.4) is 0 Å². The van der Waals surface area contributed by atoms with Gasteiger partial charge in [-0.15, -0.1) is 0 Å². The molecular weight excluding hydrogens is 394 g/mol. The molecule has 0 bridgehead atoms. The van der Waals surface area contributed by atoms with E-state index in [1.807, 2.05) is 12.1 Å². The molecule has 29 heavy (non-hydrogen) atoms. The van der Waals surface area contributed by atoms with Gasteiger partial charge in [0.1, 0.15) is 11.3 Å². The van der Waals surface area contributed by atoms with Crippen molar-refractivity contribution in [1.29, 1.82) is 0 Å². The van der Waals surface area contributed by atoms with Crippen LogP contribution in [0.5, 0.6) is 5.75 Å². The fraction of sp³-hybridized carbons (Fsp3) is 0.600. The zero-order valence-corrected chi connectivity index (χ0v) is 18.0. The molecular formula is C20H29N3O5S. The van der Waals surface area contributed by atoms with Gasteiger partial charge in [0.15, 0.2) is 0 Å². The third kappa shape index (κ3) is 4.72. The van der Waals surface area contributed by atoms with Crippen LogP contribution in [0.2, 0.25) is 0 Å². The first kappa shape index (κ1) is 21.6. The first-order chi connectivity index (χ1) is 13.6. The van der Waals surface area contributed by atoms with E-state index in [0.717, 1.165) is 41.8 Å². The Labute approximate surface area is 172 Å². The summed E-state index contributed by atoms with van der Waals surface area (Å²) in [6, 6.07) is 7.34. The molecule has 3 rings (SSSR count). The van der Waals surface area contributed by atoms with Crippen molar-refractivity contribution in [2.45, 2.75) is 50.7 Å². The molecule has 9 heteroatoms. The van der Waals surface area contributed by atoms with Crippen LogP contribution in [-0.4, -0.2) is 67.5 Å². The van der Waals surface area contributed by atoms with E-state index in [1.165, 1.54) is 4.90 Å². The third-order valence-corrected chi connectivity index (χ3v) is 7.04. The molecule has 1 N–H and O–H groups in total. The number of carbonyl (C=O) groups is 2. The molecule has 8 nitrogen and oxygen atoms in total. The molecule has 1 aliphatic carbocycles. The highest BCUT2D eigenvalue weighted by molar-refractivity contribution is 7.88. The minimum absolute atomic E-state index is 0.0632. The van der Waals surface area contributed by atoms with E-state index in [2.05, 4.69) is 5.32 Å². The molecule has 0 spiro atoms. The summed E-state index contributed by atoms with van der Waals surface area (Å²) in [4.78, 5) is 27.7. The Hall–Kier alpha value is -2.13. The van der Waals surface area contributed by atoms with Gasteiger partial charge in [-0.05, 0) is 37.5 Å². The third-order valence-electron chi connectivity index (χ3n) is 5.84. The molecule has 0 unspecified atom stereocenters. The highest BCUT2D eigenvalue weighted by atomic mass is 32.2. The van der Waals surface area contributed by atoms with Gasteiger partial charge in [0.2, 0.25) is 21.8 Å². The van der Waals surface area contributed by atoms with Gasteiger partial charge >= 0.3 is 0 Å². The van der Waals surface area contributed by atoms with Crippen LogP contribution in [0.25, 0.3) is 0 Å². The second kappa shape index (κ2) is 8.31. The monoisotopic (exact) mass is 423 g/mol. The van der Waals surface area contributed by atoms with Crippen LogP contribution >= 0.6 is 0 Å². The van der Waals surface area contributed by atoms with Crippen molar-refractivity contribution >= 4 is 21.8 Å². The van der Waals surface area contributed by atoms with Gasteiger partial charge in [-0.25, -0.2) is 8.42 Å². The number of methoxy groups -OCH3 is 1. The first-order valence-electron chi connectivity index (χ1n) is 9.83. The molecule has 1 aromatic carbocycles. The predicted octanol–water partition coefficient (Wildman–Crippen LogP) is 1.12. The number of amides is 2. The molecule has 1 heterocycles. The van der Waals surface area contributed by atoms with Crippen molar-refractivity contribution in [2.75, 3.05) is 26.5 Å². The van der Waals surface area contributed by atoms with Crippen molar-refractivity contribution in [1.82, 2.24) is 14.5 Å². The lowest BCUT2D eigenvalue weighted by Crippen LogP contribution is -2.69. The molecule has 1 aliphatic heterocycles. The number of sulfonamides is 1. The predicted molar refractivity (Wildman–Crippen MR) is 109 cm³/mol. The van der Waals surface area contributed by atoms with Crippen molar-refractivity contribution in [2.24, 2.45) is 0 Å². The van der Waals surface area contributed by atoms with E-state index in [0.29, 0.717) is 5.75 Å². The number of hydrogen-bond donors (Lipinski definition) is 1. The average Bonchev–Trinajstić information content (AvgIpc) is 3.17. The Morgan fingerprint density at radius 2 is 1.86 bits per heavy atom. The first-order valence-corrected chi connectivity index (χ1v) is 11.7. The van der Waals surface area contributed by atoms with Crippen LogP contribution in [-0.2, 0) is 26.2 Å². The summed E-state index contributed by atoms with van der Waals surface area (Å²) in [7, 11) is -2.03. The Bertz CT molecular complexity index is 865. The summed E-state index contributed by atoms with van der Waals surface area (Å²) >= 11 is 0. The zero-order chi connectivity index (χ0) is 21.2. The number of nitrogens with zero attached hydrogens (tertiary/aromatic N) is 2. The summed E-state index contributed by atoms with van der Waals surface area (Å²) in [5.74, 6) is 0.00453. The molecule has 1 saturated carbocycles. The van der Waals surface area contributed by atoms with Crippen molar-refractivity contribution in [3.63, 3.8) is 0 Å². The molecule has 0 radical (unpaired) electrons. The summed E-state index contributed by atoms with van der Waals surface area (Å²) in [6.45, 7) is 1.54. The second-order valence-electron chi connectivity index (χ2n) is 8.09. The lowest BCUT2D eigenvalue weighted by atomic mass is 9.94. The molecule has 160 valence electrons. The van der Waals surface area contributed by atoms with Crippen molar-refractivity contribution < 1.29 is 22.7 Å². The van der Waals surface area contributed by atoms with Crippen LogP contribution in [0.4, 0.5) is 0 Å². The van der Waals surface area contributed by atoms with Gasteiger partial charge < -0.3 is 15.0 Å². The van der Waals surface area contributed by atoms with Crippen molar-refractivity contribution in [3.8, 4) is 5.75 Å². The van der Waals surface area contributed by atoms with Crippen LogP contribution in [0.1, 0.15) is 38.2 Å². The van der Waals surface area contributed by atoms with E-state index in [1.54, 1.807) is 26.2 Å². The molecule has 1 saturated heterocycles. The fourth-order valence-corrected chi connectivity index (χ4v) is 4.84. The Morgan fingerprint density at radius 1 is 1.24 bits per heavy atom. The van der Waals surface area contributed by atoms with Crippen LogP contribution < -0.4 is 10.1 Å². The smallest absolute Gasteiger partial charge is 0.247 e. The zero-order valence-electron chi connectivity index (χ0n) is 17.2. The van der Waals surface area contributed by atoms with Gasteiger partial charge in [-0.3, -0.25) is 9.59 Å². The van der Waals surface area contributed by atoms with Gasteiger partial charge in [0.05, 0.1) is 19.9 Å². The lowest BCUT2D eigenvalue weighted by molar-refractivity contribution is -0.154. The van der Waals surface area contributed by atoms with Crippen molar-refractivity contribution in [3.05, 3.63) is 29.8 Å². The molecule has 2 fully saturated rings. The van der Waals surface area contributed by atoms with E-state index < -0.39 is 15.6 Å². The van der Waals surface area contributed by atoms with Gasteiger partial charge in [-0.2, -0.15) is 4.31 Å². The number of ether oxygens (including phenoxy) is 1. The minimum Gasteiger partial charge on any atom is -0.497 e. The molecule has 2 aliphatic rings. The normalized spacial score (nSPS) is 24.0. The highest BCUT2D eigenvalue weighted by Crippen LogP contribution is 2.28. The maximum absolute atomic E-state index is 13.2. The van der Waals surface area contributed by atoms with E-state index in [4.69, 9.17) is 4.74 Å². The lowest BCUT2D eigenvalue weighted by Gasteiger charge is -2.47. The van der Waals surface area contributed by atoms with E-state index in [9.17, 15) is 18.0 Å². The number of nitrogens with one attached hydrogen (secondary N) is 1. The number of rotatable bonds is 6. The topological polar surface area (TPSA) is 96.0 Å². The summed E-state index contributed by atoms with van der Waals surface area (Å²) in [6.07, 6.45) is 5.00. The van der Waals surface area contributed by atoms with Crippen LogP contribution in [0.15, 0.2) is 24.3 Å². The summed E-state index contributed by atoms with van der Waals surface area (Å²) < 4.78 is 30.5. The quantitative estimate of drug-likeness (QED) is 0.740. The number of carbonyl (C=O) groups excluding carboxylic acids is 2. The molecule has 1 aromatic rings.